The van der Waals surface area contributed by atoms with E-state index in [9.17, 15) is 4.79 Å². The first-order valence-corrected chi connectivity index (χ1v) is 7.44. The molecule has 0 spiro atoms. The number of piperazine rings is 1. The van der Waals surface area contributed by atoms with E-state index in [2.05, 4.69) is 19.2 Å². The molecule has 1 aliphatic heterocycles. The fourth-order valence-corrected chi connectivity index (χ4v) is 2.82. The third-order valence-corrected chi connectivity index (χ3v) is 3.96. The van der Waals surface area contributed by atoms with Crippen molar-refractivity contribution in [2.24, 2.45) is 0 Å². The van der Waals surface area contributed by atoms with E-state index in [-0.39, 0.29) is 5.91 Å². The van der Waals surface area contributed by atoms with Crippen LogP contribution in [-0.2, 0) is 0 Å². The molecule has 1 aromatic rings. The van der Waals surface area contributed by atoms with Gasteiger partial charge in [-0.2, -0.15) is 0 Å². The van der Waals surface area contributed by atoms with Gasteiger partial charge >= 0.3 is 0 Å². The lowest BCUT2D eigenvalue weighted by atomic mass is 10.1. The van der Waals surface area contributed by atoms with Gasteiger partial charge in [0.05, 0.1) is 0 Å². The average molecular weight is 264 g/mol. The molecule has 0 aliphatic carbocycles. The van der Waals surface area contributed by atoms with Crippen LogP contribution in [0.1, 0.15) is 24.2 Å². The molecule has 1 aromatic carbocycles. The van der Waals surface area contributed by atoms with Crippen LogP contribution in [0.2, 0.25) is 0 Å². The Morgan fingerprint density at radius 3 is 2.78 bits per heavy atom. The van der Waals surface area contributed by atoms with Gasteiger partial charge in [0.1, 0.15) is 0 Å². The van der Waals surface area contributed by atoms with Crippen molar-refractivity contribution >= 4 is 17.7 Å². The molecule has 1 unspecified atom stereocenters. The first-order valence-electron chi connectivity index (χ1n) is 6.46. The second-order valence-electron chi connectivity index (χ2n) is 4.56. The van der Waals surface area contributed by atoms with Crippen LogP contribution in [0.3, 0.4) is 0 Å². The molecule has 18 heavy (non-hydrogen) atoms. The molecule has 1 aliphatic rings. The highest BCUT2D eigenvalue weighted by molar-refractivity contribution is 7.99. The molecule has 3 nitrogen and oxygen atoms in total. The van der Waals surface area contributed by atoms with E-state index in [1.54, 1.807) is 11.8 Å². The van der Waals surface area contributed by atoms with Crippen LogP contribution >= 0.6 is 11.8 Å². The van der Waals surface area contributed by atoms with Gasteiger partial charge in [-0.1, -0.05) is 6.92 Å². The Morgan fingerprint density at radius 1 is 1.44 bits per heavy atom. The predicted octanol–water partition coefficient (Wildman–Crippen LogP) is 2.23. The summed E-state index contributed by atoms with van der Waals surface area (Å²) in [7, 11) is 0. The lowest BCUT2D eigenvalue weighted by Gasteiger charge is -2.32. The summed E-state index contributed by atoms with van der Waals surface area (Å²) in [5, 5.41) is 3.35. The summed E-state index contributed by atoms with van der Waals surface area (Å²) in [5.41, 5.74) is 0.796. The molecule has 4 heteroatoms. The Bertz CT molecular complexity index is 405. The number of benzene rings is 1. The zero-order chi connectivity index (χ0) is 13.0. The third kappa shape index (κ3) is 3.27. The Hall–Kier alpha value is -1.00. The van der Waals surface area contributed by atoms with Crippen molar-refractivity contribution in [3.63, 3.8) is 0 Å². The smallest absolute Gasteiger partial charge is 0.253 e. The number of hydrogen-bond donors (Lipinski definition) is 1. The van der Waals surface area contributed by atoms with E-state index >= 15 is 0 Å². The predicted molar refractivity (Wildman–Crippen MR) is 76.2 cm³/mol. The lowest BCUT2D eigenvalue weighted by Crippen LogP contribution is -2.51. The summed E-state index contributed by atoms with van der Waals surface area (Å²) >= 11 is 1.80. The molecule has 0 bridgehead atoms. The van der Waals surface area contributed by atoms with Gasteiger partial charge in [0.15, 0.2) is 0 Å². The highest BCUT2D eigenvalue weighted by Gasteiger charge is 2.21. The van der Waals surface area contributed by atoms with Crippen molar-refractivity contribution in [2.45, 2.75) is 24.8 Å². The van der Waals surface area contributed by atoms with Gasteiger partial charge in [0.2, 0.25) is 0 Å². The van der Waals surface area contributed by atoms with Crippen molar-refractivity contribution < 1.29 is 4.79 Å². The van der Waals surface area contributed by atoms with Crippen LogP contribution in [0.25, 0.3) is 0 Å². The van der Waals surface area contributed by atoms with Crippen molar-refractivity contribution in [1.29, 1.82) is 0 Å². The third-order valence-electron chi connectivity index (χ3n) is 3.07. The van der Waals surface area contributed by atoms with Crippen molar-refractivity contribution in [2.75, 3.05) is 25.4 Å². The fraction of sp³-hybridized carbons (Fsp3) is 0.500. The normalized spacial score (nSPS) is 19.9. The van der Waals surface area contributed by atoms with Crippen molar-refractivity contribution in [3.05, 3.63) is 29.8 Å². The Labute approximate surface area is 113 Å². The van der Waals surface area contributed by atoms with Gasteiger partial charge in [0.25, 0.3) is 5.91 Å². The standard InChI is InChI=1S/C14H20N2OS/c1-3-18-13-6-4-12(5-7-13)14(17)16-9-8-15-11(2)10-16/h4-7,11,15H,3,8-10H2,1-2H3. The summed E-state index contributed by atoms with van der Waals surface area (Å²) in [6.45, 7) is 6.72. The molecule has 0 radical (unpaired) electrons. The fourth-order valence-electron chi connectivity index (χ4n) is 2.16. The summed E-state index contributed by atoms with van der Waals surface area (Å²) in [6.07, 6.45) is 0. The number of carbonyl (C=O) groups excluding carboxylic acids is 1. The molecule has 0 saturated carbocycles. The van der Waals surface area contributed by atoms with Gasteiger partial charge < -0.3 is 10.2 Å². The number of rotatable bonds is 3. The molecule has 98 valence electrons. The van der Waals surface area contributed by atoms with Crippen molar-refractivity contribution in [3.8, 4) is 0 Å². The van der Waals surface area contributed by atoms with E-state index in [0.717, 1.165) is 31.0 Å². The van der Waals surface area contributed by atoms with Crippen LogP contribution in [0.4, 0.5) is 0 Å². The van der Waals surface area contributed by atoms with Gasteiger partial charge in [-0.15, -0.1) is 11.8 Å². The maximum Gasteiger partial charge on any atom is 0.253 e. The topological polar surface area (TPSA) is 32.3 Å². The minimum atomic E-state index is 0.149. The van der Waals surface area contributed by atoms with E-state index in [1.807, 2.05) is 29.2 Å². The quantitative estimate of drug-likeness (QED) is 0.850. The SMILES string of the molecule is CCSc1ccc(C(=O)N2CCNC(C)C2)cc1. The Kier molecular flexibility index (Phi) is 4.66. The molecule has 2 rings (SSSR count). The number of carbonyl (C=O) groups is 1. The van der Waals surface area contributed by atoms with Gasteiger partial charge in [-0.25, -0.2) is 0 Å². The summed E-state index contributed by atoms with van der Waals surface area (Å²) in [4.78, 5) is 15.5. The minimum Gasteiger partial charge on any atom is -0.336 e. The summed E-state index contributed by atoms with van der Waals surface area (Å²) in [6, 6.07) is 8.33. The summed E-state index contributed by atoms with van der Waals surface area (Å²) < 4.78 is 0. The molecule has 1 N–H and O–H groups in total. The molecule has 1 heterocycles. The molecule has 1 amide bonds. The maximum atomic E-state index is 12.3. The first-order chi connectivity index (χ1) is 8.70. The molecule has 0 aromatic heterocycles. The van der Waals surface area contributed by atoms with Crippen LogP contribution < -0.4 is 5.32 Å². The second-order valence-corrected chi connectivity index (χ2v) is 5.90. The van der Waals surface area contributed by atoms with Gasteiger partial charge in [-0.3, -0.25) is 4.79 Å². The van der Waals surface area contributed by atoms with Crippen LogP contribution in [0.5, 0.6) is 0 Å². The number of nitrogens with one attached hydrogen (secondary N) is 1. The minimum absolute atomic E-state index is 0.149. The molecule has 1 atom stereocenters. The maximum absolute atomic E-state index is 12.3. The van der Waals surface area contributed by atoms with Crippen LogP contribution in [0.15, 0.2) is 29.2 Å². The number of thioether (sulfide) groups is 1. The average Bonchev–Trinajstić information content (AvgIpc) is 2.39. The van der Waals surface area contributed by atoms with E-state index in [0.29, 0.717) is 6.04 Å². The highest BCUT2D eigenvalue weighted by atomic mass is 32.2. The van der Waals surface area contributed by atoms with E-state index in [4.69, 9.17) is 0 Å². The van der Waals surface area contributed by atoms with Gasteiger partial charge in [-0.05, 0) is 36.9 Å². The zero-order valence-electron chi connectivity index (χ0n) is 11.0. The zero-order valence-corrected chi connectivity index (χ0v) is 11.8. The lowest BCUT2D eigenvalue weighted by molar-refractivity contribution is 0.0709. The summed E-state index contributed by atoms with van der Waals surface area (Å²) in [5.74, 6) is 1.21. The molecule has 1 saturated heterocycles. The first kappa shape index (κ1) is 13.4. The highest BCUT2D eigenvalue weighted by Crippen LogP contribution is 2.18. The Morgan fingerprint density at radius 2 is 2.17 bits per heavy atom. The van der Waals surface area contributed by atoms with Gasteiger partial charge in [0, 0.05) is 36.1 Å². The van der Waals surface area contributed by atoms with E-state index < -0.39 is 0 Å². The molecule has 1 fully saturated rings. The number of hydrogen-bond acceptors (Lipinski definition) is 3. The van der Waals surface area contributed by atoms with Crippen LogP contribution in [-0.4, -0.2) is 42.2 Å². The molecular formula is C14H20N2OS. The largest absolute Gasteiger partial charge is 0.336 e. The monoisotopic (exact) mass is 264 g/mol. The Balaban J connectivity index is 2.03. The number of nitrogens with zero attached hydrogens (tertiary/aromatic N) is 1. The van der Waals surface area contributed by atoms with E-state index in [1.165, 1.54) is 4.90 Å². The number of amides is 1. The second kappa shape index (κ2) is 6.25. The van der Waals surface area contributed by atoms with Crippen molar-refractivity contribution in [1.82, 2.24) is 10.2 Å². The molecular weight excluding hydrogens is 244 g/mol. The van der Waals surface area contributed by atoms with Crippen LogP contribution in [0, 0.1) is 0 Å².